The molecule has 0 saturated carbocycles. The highest BCUT2D eigenvalue weighted by Crippen LogP contribution is 2.28. The number of para-hydroxylation sites is 2. The molecule has 4 heteroatoms. The Bertz CT molecular complexity index is 731. The maximum Gasteiger partial charge on any atom is 0.243 e. The summed E-state index contributed by atoms with van der Waals surface area (Å²) in [6.07, 6.45) is 1.02. The third kappa shape index (κ3) is 3.53. The fourth-order valence-electron chi connectivity index (χ4n) is 3.41. The molecule has 0 unspecified atom stereocenters. The fraction of sp³-hybridized carbons (Fsp3) is 0.350. The molecule has 2 aromatic carbocycles. The molecule has 4 nitrogen and oxygen atoms in total. The lowest BCUT2D eigenvalue weighted by atomic mass is 10.1. The number of amides is 1. The van der Waals surface area contributed by atoms with Crippen LogP contribution in [0.4, 0.5) is 17.1 Å². The third-order valence-electron chi connectivity index (χ3n) is 4.44. The molecule has 24 heavy (non-hydrogen) atoms. The second-order valence-electron chi connectivity index (χ2n) is 6.54. The lowest BCUT2D eigenvalue weighted by Gasteiger charge is -2.24. The highest BCUT2D eigenvalue weighted by atomic mass is 16.2. The van der Waals surface area contributed by atoms with Gasteiger partial charge in [-0.05, 0) is 50.5 Å². The molecule has 126 valence electrons. The third-order valence-corrected chi connectivity index (χ3v) is 4.44. The Morgan fingerprint density at radius 2 is 1.88 bits per heavy atom. The van der Waals surface area contributed by atoms with E-state index in [4.69, 9.17) is 0 Å². The molecule has 3 rings (SSSR count). The summed E-state index contributed by atoms with van der Waals surface area (Å²) >= 11 is 0. The van der Waals surface area contributed by atoms with Gasteiger partial charge in [-0.15, -0.1) is 0 Å². The summed E-state index contributed by atoms with van der Waals surface area (Å²) in [5.41, 5.74) is 6.58. The molecule has 1 aliphatic heterocycles. The van der Waals surface area contributed by atoms with E-state index in [1.54, 1.807) is 0 Å². The molecule has 0 aliphatic carbocycles. The summed E-state index contributed by atoms with van der Waals surface area (Å²) in [6.45, 7) is 8.34. The number of benzene rings is 2. The van der Waals surface area contributed by atoms with E-state index in [-0.39, 0.29) is 5.91 Å². The van der Waals surface area contributed by atoms with Crippen molar-refractivity contribution < 1.29 is 4.79 Å². The molecule has 0 atom stereocenters. The van der Waals surface area contributed by atoms with Gasteiger partial charge in [0.1, 0.15) is 0 Å². The van der Waals surface area contributed by atoms with Crippen LogP contribution in [-0.2, 0) is 4.79 Å². The lowest BCUT2D eigenvalue weighted by molar-refractivity contribution is -0.115. The number of rotatable bonds is 3. The van der Waals surface area contributed by atoms with E-state index < -0.39 is 0 Å². The average molecular weight is 323 g/mol. The lowest BCUT2D eigenvalue weighted by Crippen LogP contribution is -2.34. The Morgan fingerprint density at radius 3 is 2.62 bits per heavy atom. The van der Waals surface area contributed by atoms with Crippen LogP contribution in [0.3, 0.4) is 0 Å². The summed E-state index contributed by atoms with van der Waals surface area (Å²) in [7, 11) is 0. The summed E-state index contributed by atoms with van der Waals surface area (Å²) in [6, 6.07) is 12.4. The van der Waals surface area contributed by atoms with Gasteiger partial charge < -0.3 is 15.5 Å². The quantitative estimate of drug-likeness (QED) is 0.901. The van der Waals surface area contributed by atoms with Crippen molar-refractivity contribution in [3.8, 4) is 0 Å². The first kappa shape index (κ1) is 16.4. The van der Waals surface area contributed by atoms with Crippen molar-refractivity contribution in [2.24, 2.45) is 0 Å². The first-order valence-corrected chi connectivity index (χ1v) is 8.50. The van der Waals surface area contributed by atoms with Crippen molar-refractivity contribution in [2.75, 3.05) is 35.2 Å². The van der Waals surface area contributed by atoms with Crippen LogP contribution in [0.5, 0.6) is 0 Å². The molecular weight excluding hydrogens is 298 g/mol. The predicted molar refractivity (Wildman–Crippen MR) is 101 cm³/mol. The van der Waals surface area contributed by atoms with Gasteiger partial charge >= 0.3 is 0 Å². The van der Waals surface area contributed by atoms with E-state index >= 15 is 0 Å². The van der Waals surface area contributed by atoms with Gasteiger partial charge in [0.2, 0.25) is 5.91 Å². The number of nitrogens with zero attached hydrogens (tertiary/aromatic N) is 1. The molecule has 0 radical (unpaired) electrons. The van der Waals surface area contributed by atoms with Gasteiger partial charge in [-0.3, -0.25) is 4.79 Å². The SMILES string of the molecule is Cc1cc(C)c(NC(=O)CN2CCCNc3ccccc32)c(C)c1. The number of aryl methyl sites for hydroxylation is 3. The molecular formula is C20H25N3O. The first-order valence-electron chi connectivity index (χ1n) is 8.50. The minimum Gasteiger partial charge on any atom is -0.383 e. The number of carbonyl (C=O) groups is 1. The highest BCUT2D eigenvalue weighted by Gasteiger charge is 2.18. The number of fused-ring (bicyclic) bond motifs is 1. The molecule has 2 aromatic rings. The van der Waals surface area contributed by atoms with Gasteiger partial charge in [-0.1, -0.05) is 29.8 Å². The summed E-state index contributed by atoms with van der Waals surface area (Å²) < 4.78 is 0. The smallest absolute Gasteiger partial charge is 0.243 e. The van der Waals surface area contributed by atoms with Crippen LogP contribution >= 0.6 is 0 Å². The Kier molecular flexibility index (Phi) is 4.74. The number of hydrogen-bond donors (Lipinski definition) is 2. The normalized spacial score (nSPS) is 13.7. The van der Waals surface area contributed by atoms with Crippen LogP contribution in [0, 0.1) is 20.8 Å². The maximum atomic E-state index is 12.6. The number of nitrogens with one attached hydrogen (secondary N) is 2. The molecule has 0 aromatic heterocycles. The Balaban J connectivity index is 1.76. The van der Waals surface area contributed by atoms with E-state index in [0.29, 0.717) is 6.54 Å². The van der Waals surface area contributed by atoms with Gasteiger partial charge in [0.15, 0.2) is 0 Å². The first-order chi connectivity index (χ1) is 11.5. The van der Waals surface area contributed by atoms with Gasteiger partial charge in [0.25, 0.3) is 0 Å². The van der Waals surface area contributed by atoms with Crippen molar-refractivity contribution in [1.82, 2.24) is 0 Å². The maximum absolute atomic E-state index is 12.6. The van der Waals surface area contributed by atoms with Crippen molar-refractivity contribution in [3.05, 3.63) is 53.1 Å². The van der Waals surface area contributed by atoms with Gasteiger partial charge in [0, 0.05) is 18.8 Å². The summed E-state index contributed by atoms with van der Waals surface area (Å²) in [5.74, 6) is 0.0294. The standard InChI is InChI=1S/C20H25N3O/c1-14-11-15(2)20(16(3)12-14)22-19(24)13-23-10-6-9-21-17-7-4-5-8-18(17)23/h4-5,7-8,11-12,21H,6,9-10,13H2,1-3H3,(H,22,24). The van der Waals surface area contributed by atoms with E-state index in [2.05, 4.69) is 46.7 Å². The zero-order valence-corrected chi connectivity index (χ0v) is 14.6. The highest BCUT2D eigenvalue weighted by molar-refractivity contribution is 5.96. The van der Waals surface area contributed by atoms with Crippen molar-refractivity contribution >= 4 is 23.0 Å². The number of anilines is 3. The molecule has 0 fully saturated rings. The van der Waals surface area contributed by atoms with Crippen LogP contribution in [-0.4, -0.2) is 25.5 Å². The van der Waals surface area contributed by atoms with E-state index in [1.165, 1.54) is 5.56 Å². The van der Waals surface area contributed by atoms with Gasteiger partial charge in [-0.25, -0.2) is 0 Å². The van der Waals surface area contributed by atoms with Crippen LogP contribution in [0.1, 0.15) is 23.1 Å². The molecule has 1 amide bonds. The van der Waals surface area contributed by atoms with E-state index in [1.807, 2.05) is 26.0 Å². The second kappa shape index (κ2) is 6.95. The van der Waals surface area contributed by atoms with Crippen molar-refractivity contribution in [2.45, 2.75) is 27.2 Å². The monoisotopic (exact) mass is 323 g/mol. The zero-order chi connectivity index (χ0) is 17.1. The Morgan fingerprint density at radius 1 is 1.17 bits per heavy atom. The summed E-state index contributed by atoms with van der Waals surface area (Å²) in [5, 5.41) is 6.53. The van der Waals surface area contributed by atoms with Crippen molar-refractivity contribution in [3.63, 3.8) is 0 Å². The average Bonchev–Trinajstić information content (AvgIpc) is 2.73. The molecule has 2 N–H and O–H groups in total. The molecule has 0 bridgehead atoms. The molecule has 0 saturated heterocycles. The molecule has 1 heterocycles. The number of carbonyl (C=O) groups excluding carboxylic acids is 1. The Labute approximate surface area is 143 Å². The topological polar surface area (TPSA) is 44.4 Å². The zero-order valence-electron chi connectivity index (χ0n) is 14.6. The minimum atomic E-state index is 0.0294. The van der Waals surface area contributed by atoms with E-state index in [9.17, 15) is 4.79 Å². The van der Waals surface area contributed by atoms with Gasteiger partial charge in [-0.2, -0.15) is 0 Å². The van der Waals surface area contributed by atoms with Crippen molar-refractivity contribution in [1.29, 1.82) is 0 Å². The number of hydrogen-bond acceptors (Lipinski definition) is 3. The van der Waals surface area contributed by atoms with Crippen LogP contribution in [0.25, 0.3) is 0 Å². The second-order valence-corrected chi connectivity index (χ2v) is 6.54. The van der Waals surface area contributed by atoms with Crippen LogP contribution in [0.15, 0.2) is 36.4 Å². The van der Waals surface area contributed by atoms with Crippen LogP contribution in [0.2, 0.25) is 0 Å². The fourth-order valence-corrected chi connectivity index (χ4v) is 3.41. The largest absolute Gasteiger partial charge is 0.383 e. The summed E-state index contributed by atoms with van der Waals surface area (Å²) in [4.78, 5) is 14.8. The van der Waals surface area contributed by atoms with E-state index in [0.717, 1.165) is 47.7 Å². The van der Waals surface area contributed by atoms with Gasteiger partial charge in [0.05, 0.1) is 17.9 Å². The Hall–Kier alpha value is -2.49. The molecule has 1 aliphatic rings. The van der Waals surface area contributed by atoms with Crippen LogP contribution < -0.4 is 15.5 Å². The molecule has 0 spiro atoms. The minimum absolute atomic E-state index is 0.0294. The predicted octanol–water partition coefficient (Wildman–Crippen LogP) is 3.87.